The smallest absolute Gasteiger partial charge is 0.306 e. The lowest BCUT2D eigenvalue weighted by atomic mass is 9.86. The number of hydrogen-bond acceptors (Lipinski definition) is 4. The maximum Gasteiger partial charge on any atom is 0.306 e. The number of aromatic nitrogens is 2. The zero-order chi connectivity index (χ0) is 14.8. The van der Waals surface area contributed by atoms with Crippen molar-refractivity contribution < 1.29 is 9.90 Å². The van der Waals surface area contributed by atoms with Crippen LogP contribution in [0.25, 0.3) is 0 Å². The minimum Gasteiger partial charge on any atom is -0.481 e. The van der Waals surface area contributed by atoms with Gasteiger partial charge in [-0.25, -0.2) is 9.97 Å². The topological polar surface area (TPSA) is 66.3 Å². The number of carboxylic acids is 1. The van der Waals surface area contributed by atoms with Crippen LogP contribution in [0.5, 0.6) is 0 Å². The quantitative estimate of drug-likeness (QED) is 0.905. The van der Waals surface area contributed by atoms with Crippen molar-refractivity contribution in [2.75, 3.05) is 18.0 Å². The van der Waals surface area contributed by atoms with Gasteiger partial charge in [0.1, 0.15) is 0 Å². The molecule has 1 aromatic heterocycles. The largest absolute Gasteiger partial charge is 0.481 e. The number of carbonyl (C=O) groups is 1. The Morgan fingerprint density at radius 2 is 1.90 bits per heavy atom. The summed E-state index contributed by atoms with van der Waals surface area (Å²) in [6, 6.07) is 0. The van der Waals surface area contributed by atoms with E-state index in [1.807, 2.05) is 6.92 Å². The summed E-state index contributed by atoms with van der Waals surface area (Å²) in [4.78, 5) is 22.9. The molecule has 0 spiro atoms. The summed E-state index contributed by atoms with van der Waals surface area (Å²) in [7, 11) is 0. The van der Waals surface area contributed by atoms with E-state index in [0.717, 1.165) is 42.4 Å². The first-order valence-corrected chi connectivity index (χ1v) is 7.99. The summed E-state index contributed by atoms with van der Waals surface area (Å²) >= 11 is 0. The van der Waals surface area contributed by atoms with E-state index in [2.05, 4.69) is 9.88 Å². The number of hydrogen-bond donors (Lipinski definition) is 1. The van der Waals surface area contributed by atoms with Gasteiger partial charge in [0.15, 0.2) is 0 Å². The Morgan fingerprint density at radius 1 is 1.19 bits per heavy atom. The van der Waals surface area contributed by atoms with Gasteiger partial charge in [-0.05, 0) is 44.6 Å². The molecule has 5 heteroatoms. The molecular weight excluding hydrogens is 266 g/mol. The third-order valence-corrected chi connectivity index (χ3v) is 4.71. The number of nitrogens with zero attached hydrogens (tertiary/aromatic N) is 3. The molecule has 1 saturated heterocycles. The standard InChI is InChI=1S/C16H23N3O2/c1-11-13-10-12(15(20)21)6-7-14(13)18-16(17-11)19-8-4-2-3-5-9-19/h12H,2-10H2,1H3,(H,20,21). The molecule has 0 saturated carbocycles. The molecule has 0 bridgehead atoms. The van der Waals surface area contributed by atoms with E-state index in [0.29, 0.717) is 12.8 Å². The van der Waals surface area contributed by atoms with Gasteiger partial charge in [-0.2, -0.15) is 0 Å². The van der Waals surface area contributed by atoms with Gasteiger partial charge < -0.3 is 10.0 Å². The van der Waals surface area contributed by atoms with E-state index in [4.69, 9.17) is 4.98 Å². The highest BCUT2D eigenvalue weighted by molar-refractivity contribution is 5.71. The summed E-state index contributed by atoms with van der Waals surface area (Å²) in [6.07, 6.45) is 7.04. The molecule has 1 aliphatic heterocycles. The molecule has 1 atom stereocenters. The lowest BCUT2D eigenvalue weighted by Crippen LogP contribution is -2.29. The molecule has 1 unspecified atom stereocenters. The molecule has 1 fully saturated rings. The van der Waals surface area contributed by atoms with E-state index in [1.54, 1.807) is 0 Å². The van der Waals surface area contributed by atoms with Crippen molar-refractivity contribution in [1.82, 2.24) is 9.97 Å². The van der Waals surface area contributed by atoms with Crippen molar-refractivity contribution in [3.8, 4) is 0 Å². The second-order valence-electron chi connectivity index (χ2n) is 6.21. The zero-order valence-corrected chi connectivity index (χ0v) is 12.6. The van der Waals surface area contributed by atoms with Crippen molar-refractivity contribution >= 4 is 11.9 Å². The molecule has 0 radical (unpaired) electrons. The highest BCUT2D eigenvalue weighted by Crippen LogP contribution is 2.28. The fraction of sp³-hybridized carbons (Fsp3) is 0.688. The van der Waals surface area contributed by atoms with Crippen LogP contribution >= 0.6 is 0 Å². The zero-order valence-electron chi connectivity index (χ0n) is 12.6. The fourth-order valence-electron chi connectivity index (χ4n) is 3.39. The lowest BCUT2D eigenvalue weighted by molar-refractivity contribution is -0.142. The molecule has 21 heavy (non-hydrogen) atoms. The van der Waals surface area contributed by atoms with E-state index >= 15 is 0 Å². The average molecular weight is 289 g/mol. The first-order chi connectivity index (χ1) is 10.1. The van der Waals surface area contributed by atoms with Gasteiger partial charge in [0.2, 0.25) is 5.95 Å². The van der Waals surface area contributed by atoms with Gasteiger partial charge in [-0.15, -0.1) is 0 Å². The number of aryl methyl sites for hydroxylation is 2. The first-order valence-electron chi connectivity index (χ1n) is 7.99. The van der Waals surface area contributed by atoms with Crippen LogP contribution in [-0.4, -0.2) is 34.1 Å². The highest BCUT2D eigenvalue weighted by atomic mass is 16.4. The van der Waals surface area contributed by atoms with E-state index in [9.17, 15) is 9.90 Å². The third-order valence-electron chi connectivity index (χ3n) is 4.71. The molecule has 0 aromatic carbocycles. The number of aliphatic carboxylic acids is 1. The van der Waals surface area contributed by atoms with E-state index in [1.165, 1.54) is 25.7 Å². The summed E-state index contributed by atoms with van der Waals surface area (Å²) in [6.45, 7) is 4.07. The van der Waals surface area contributed by atoms with Crippen LogP contribution in [0.1, 0.15) is 49.1 Å². The van der Waals surface area contributed by atoms with Gasteiger partial charge >= 0.3 is 5.97 Å². The maximum absolute atomic E-state index is 11.2. The van der Waals surface area contributed by atoms with Crippen LogP contribution in [0.4, 0.5) is 5.95 Å². The molecule has 3 rings (SSSR count). The van der Waals surface area contributed by atoms with Crippen molar-refractivity contribution in [2.45, 2.75) is 51.9 Å². The SMILES string of the molecule is Cc1nc(N2CCCCCC2)nc2c1CC(C(=O)O)CC2. The number of rotatable bonds is 2. The predicted molar refractivity (Wildman–Crippen MR) is 80.6 cm³/mol. The Kier molecular flexibility index (Phi) is 4.08. The Balaban J connectivity index is 1.86. The Bertz CT molecular complexity index is 537. The normalized spacial score (nSPS) is 22.5. The molecule has 0 amide bonds. The molecule has 5 nitrogen and oxygen atoms in total. The van der Waals surface area contributed by atoms with Crippen LogP contribution in [-0.2, 0) is 17.6 Å². The van der Waals surface area contributed by atoms with Crippen molar-refractivity contribution in [3.05, 3.63) is 17.0 Å². The predicted octanol–water partition coefficient (Wildman–Crippen LogP) is 2.35. The van der Waals surface area contributed by atoms with E-state index < -0.39 is 5.97 Å². The van der Waals surface area contributed by atoms with Crippen molar-refractivity contribution in [1.29, 1.82) is 0 Å². The maximum atomic E-state index is 11.2. The molecule has 1 aromatic rings. The van der Waals surface area contributed by atoms with Crippen LogP contribution in [0, 0.1) is 12.8 Å². The van der Waals surface area contributed by atoms with Gasteiger partial charge in [-0.3, -0.25) is 4.79 Å². The second-order valence-corrected chi connectivity index (χ2v) is 6.21. The lowest BCUT2D eigenvalue weighted by Gasteiger charge is -2.26. The van der Waals surface area contributed by atoms with Gasteiger partial charge in [0.05, 0.1) is 5.92 Å². The number of carboxylic acid groups (broad SMARTS) is 1. The van der Waals surface area contributed by atoms with Crippen LogP contribution in [0.3, 0.4) is 0 Å². The highest BCUT2D eigenvalue weighted by Gasteiger charge is 2.28. The van der Waals surface area contributed by atoms with Crippen LogP contribution < -0.4 is 4.90 Å². The summed E-state index contributed by atoms with van der Waals surface area (Å²) in [5, 5.41) is 9.20. The monoisotopic (exact) mass is 289 g/mol. The minimum atomic E-state index is -0.698. The molecule has 114 valence electrons. The molecule has 2 heterocycles. The number of anilines is 1. The molecule has 2 aliphatic rings. The summed E-state index contributed by atoms with van der Waals surface area (Å²) in [5.74, 6) is -0.123. The Hall–Kier alpha value is -1.65. The third kappa shape index (κ3) is 3.01. The summed E-state index contributed by atoms with van der Waals surface area (Å²) < 4.78 is 0. The van der Waals surface area contributed by atoms with Crippen molar-refractivity contribution in [3.63, 3.8) is 0 Å². The molecule has 1 aliphatic carbocycles. The Morgan fingerprint density at radius 3 is 2.57 bits per heavy atom. The minimum absolute atomic E-state index is 0.274. The second kappa shape index (κ2) is 6.00. The van der Waals surface area contributed by atoms with Crippen LogP contribution in [0.2, 0.25) is 0 Å². The molecular formula is C16H23N3O2. The first kappa shape index (κ1) is 14.3. The van der Waals surface area contributed by atoms with Gasteiger partial charge in [0.25, 0.3) is 0 Å². The van der Waals surface area contributed by atoms with Crippen molar-refractivity contribution in [2.24, 2.45) is 5.92 Å². The van der Waals surface area contributed by atoms with Gasteiger partial charge in [-0.1, -0.05) is 12.8 Å². The number of fused-ring (bicyclic) bond motifs is 1. The summed E-state index contributed by atoms with van der Waals surface area (Å²) in [5.41, 5.74) is 3.09. The van der Waals surface area contributed by atoms with Gasteiger partial charge in [0, 0.05) is 24.5 Å². The average Bonchev–Trinajstić information content (AvgIpc) is 2.75. The molecule has 1 N–H and O–H groups in total. The fourth-order valence-corrected chi connectivity index (χ4v) is 3.39. The Labute approximate surface area is 125 Å². The van der Waals surface area contributed by atoms with Crippen LogP contribution in [0.15, 0.2) is 0 Å². The van der Waals surface area contributed by atoms with E-state index in [-0.39, 0.29) is 5.92 Å².